The molecule has 3 saturated carbocycles. The molecule has 6 rings (SSSR count). The third-order valence-corrected chi connectivity index (χ3v) is 20.9. The predicted molar refractivity (Wildman–Crippen MR) is 308 cm³/mol. The largest absolute Gasteiger partial charge is 0.466 e. The summed E-state index contributed by atoms with van der Waals surface area (Å²) >= 11 is 0. The van der Waals surface area contributed by atoms with Gasteiger partial charge in [0.2, 0.25) is 17.7 Å². The Bertz CT molecular complexity index is 1730. The Morgan fingerprint density at radius 2 is 0.808 bits per heavy atom. The van der Waals surface area contributed by atoms with Crippen molar-refractivity contribution in [1.29, 1.82) is 0 Å². The molecule has 0 atom stereocenters. The summed E-state index contributed by atoms with van der Waals surface area (Å²) in [6.45, 7) is 63.4. The zero-order valence-electron chi connectivity index (χ0n) is 53.5. The van der Waals surface area contributed by atoms with Gasteiger partial charge in [0.1, 0.15) is 5.78 Å². The number of fused-ring (bicyclic) bond motifs is 5. The van der Waals surface area contributed by atoms with Crippen molar-refractivity contribution in [2.45, 2.75) is 264 Å². The van der Waals surface area contributed by atoms with Crippen molar-refractivity contribution in [3.05, 3.63) is 0 Å². The standard InChI is InChI=1S/C15H27NO.C15H26O.C12H23NO.C12H25NO.C10H20O2/c1-14(2,3)15(4,5)13(17)16-10-11-6-8-12(16)9-7-11;1-14(2,3)15(4,5)13(16)12-10-6-7-11(12)9-8-10;1-11(2,3)12(4,5)10(14)13-8-6-7-9-13;1-8-13(9-2)10(14)12(6,7)11(3,4)5;1-7-12-8(11)10(5,6)9(2,3)4/h11-12H,6-10H2,1-5H3;10-12H,6-9H2,1-5H3;6-9H2,1-5H3;8-9H2,1-7H3;7H2,1-6H3. The highest BCUT2D eigenvalue weighted by Crippen LogP contribution is 2.54. The second kappa shape index (κ2) is 25.3. The Balaban J connectivity index is 0.000000459. The quantitative estimate of drug-likeness (QED) is 0.213. The van der Waals surface area contributed by atoms with E-state index in [1.165, 1.54) is 64.2 Å². The Labute approximate surface area is 452 Å². The summed E-state index contributed by atoms with van der Waals surface area (Å²) < 4.78 is 4.99. The minimum atomic E-state index is -0.414. The smallest absolute Gasteiger partial charge is 0.312 e. The van der Waals surface area contributed by atoms with Crippen LogP contribution in [0.15, 0.2) is 0 Å². The van der Waals surface area contributed by atoms with E-state index in [-0.39, 0.29) is 60.6 Å². The highest BCUT2D eigenvalue weighted by Gasteiger charge is 2.52. The summed E-state index contributed by atoms with van der Waals surface area (Å²) in [5, 5.41) is 0. The van der Waals surface area contributed by atoms with Gasteiger partial charge in [0, 0.05) is 66.3 Å². The van der Waals surface area contributed by atoms with Gasteiger partial charge in [-0.15, -0.1) is 0 Å². The van der Waals surface area contributed by atoms with Crippen LogP contribution in [0.4, 0.5) is 0 Å². The Morgan fingerprint density at radius 3 is 1.11 bits per heavy atom. The fourth-order valence-corrected chi connectivity index (χ4v) is 9.94. The number of amides is 3. The molecule has 0 aromatic heterocycles. The van der Waals surface area contributed by atoms with Crippen molar-refractivity contribution in [2.75, 3.05) is 39.3 Å². The van der Waals surface area contributed by atoms with Crippen LogP contribution < -0.4 is 0 Å². The highest BCUT2D eigenvalue weighted by molar-refractivity contribution is 5.88. The van der Waals surface area contributed by atoms with Gasteiger partial charge >= 0.3 is 5.97 Å². The molecule has 0 N–H and O–H groups in total. The van der Waals surface area contributed by atoms with E-state index >= 15 is 0 Å². The number of piperidine rings is 2. The van der Waals surface area contributed by atoms with E-state index in [1.54, 1.807) is 0 Å². The molecule has 3 amide bonds. The van der Waals surface area contributed by atoms with Crippen molar-refractivity contribution >= 4 is 29.5 Å². The van der Waals surface area contributed by atoms with Crippen LogP contribution in [0.5, 0.6) is 0 Å². The summed E-state index contributed by atoms with van der Waals surface area (Å²) in [4.78, 5) is 67.6. The molecule has 0 aromatic carbocycles. The second-order valence-corrected chi connectivity index (χ2v) is 30.8. The number of nitrogens with zero attached hydrogens (tertiary/aromatic N) is 3. The lowest BCUT2D eigenvalue weighted by atomic mass is 9.63. The van der Waals surface area contributed by atoms with Crippen molar-refractivity contribution in [3.8, 4) is 0 Å². The van der Waals surface area contributed by atoms with E-state index in [4.69, 9.17) is 4.74 Å². The molecule has 3 heterocycles. The first-order chi connectivity index (χ1) is 32.7. The van der Waals surface area contributed by atoms with Crippen LogP contribution in [-0.4, -0.2) is 89.5 Å². The molecular formula is C64H121N3O6. The van der Waals surface area contributed by atoms with Crippen LogP contribution in [0.3, 0.4) is 0 Å². The van der Waals surface area contributed by atoms with Crippen molar-refractivity contribution in [2.24, 2.45) is 77.8 Å². The third-order valence-electron chi connectivity index (χ3n) is 20.9. The number of Topliss-reactive ketones (excluding diaryl/α,β-unsaturated/α-hetero) is 1. The van der Waals surface area contributed by atoms with Crippen LogP contribution >= 0.6 is 0 Å². The first-order valence-electron chi connectivity index (χ1n) is 29.3. The number of hydrogen-bond acceptors (Lipinski definition) is 6. The molecule has 3 aliphatic heterocycles. The summed E-state index contributed by atoms with van der Waals surface area (Å²) in [5.74, 6) is 4.01. The molecule has 73 heavy (non-hydrogen) atoms. The van der Waals surface area contributed by atoms with E-state index in [9.17, 15) is 24.0 Å². The highest BCUT2D eigenvalue weighted by atomic mass is 16.5. The molecule has 428 valence electrons. The summed E-state index contributed by atoms with van der Waals surface area (Å²) in [5.41, 5.74) is -1.31. The number of esters is 1. The van der Waals surface area contributed by atoms with E-state index in [0.717, 1.165) is 50.5 Å². The van der Waals surface area contributed by atoms with Crippen LogP contribution in [0.2, 0.25) is 0 Å². The predicted octanol–water partition coefficient (Wildman–Crippen LogP) is 15.8. The first-order valence-corrected chi connectivity index (χ1v) is 29.3. The molecule has 9 heteroatoms. The normalized spacial score (nSPS) is 22.6. The van der Waals surface area contributed by atoms with Crippen molar-refractivity contribution in [3.63, 3.8) is 0 Å². The molecular weight excluding hydrogens is 907 g/mol. The summed E-state index contributed by atoms with van der Waals surface area (Å²) in [6.07, 6.45) is 12.7. The number of ether oxygens (including phenoxy) is 1. The molecule has 6 aliphatic rings. The third kappa shape index (κ3) is 16.5. The van der Waals surface area contributed by atoms with E-state index in [1.807, 2.05) is 79.0 Å². The fraction of sp³-hybridized carbons (Fsp3) is 0.922. The van der Waals surface area contributed by atoms with Gasteiger partial charge in [0.05, 0.1) is 12.0 Å². The lowest BCUT2D eigenvalue weighted by molar-refractivity contribution is -0.159. The maximum absolute atomic E-state index is 12.8. The van der Waals surface area contributed by atoms with E-state index < -0.39 is 5.41 Å². The minimum Gasteiger partial charge on any atom is -0.466 e. The van der Waals surface area contributed by atoms with Crippen LogP contribution in [-0.2, 0) is 28.7 Å². The van der Waals surface area contributed by atoms with Crippen molar-refractivity contribution in [1.82, 2.24) is 14.7 Å². The van der Waals surface area contributed by atoms with Gasteiger partial charge in [-0.3, -0.25) is 24.0 Å². The zero-order chi connectivity index (χ0) is 57.5. The molecule has 0 aromatic rings. The van der Waals surface area contributed by atoms with E-state index in [0.29, 0.717) is 36.2 Å². The SMILES string of the molecule is CC(C)(C)C(C)(C)C(=O)C1C2CCC1CC2.CC(C)(C)C(C)(C)C(=O)N1CC2CCC1CC2.CC(C)(C)C(C)(C)C(=O)N1CCCC1.CCN(CC)C(=O)C(C)(C)C(C)(C)C.CCOC(=O)C(C)(C)C(C)(C)C. The minimum absolute atomic E-state index is 0.00662. The van der Waals surface area contributed by atoms with Gasteiger partial charge < -0.3 is 19.4 Å². The van der Waals surface area contributed by atoms with Crippen LogP contribution in [0.1, 0.15) is 258 Å². The number of hydrogen-bond donors (Lipinski definition) is 0. The Hall–Kier alpha value is -2.45. The Morgan fingerprint density at radius 1 is 0.452 bits per heavy atom. The summed E-state index contributed by atoms with van der Waals surface area (Å²) in [6, 6.07) is 0.536. The maximum Gasteiger partial charge on any atom is 0.312 e. The second-order valence-electron chi connectivity index (χ2n) is 30.8. The Kier molecular flexibility index (Phi) is 23.8. The number of carbonyl (C=O) groups is 5. The monoisotopic (exact) mass is 1030 g/mol. The van der Waals surface area contributed by atoms with Crippen LogP contribution in [0, 0.1) is 77.8 Å². The number of carbonyl (C=O) groups excluding carboxylic acids is 5. The topological polar surface area (TPSA) is 104 Å². The zero-order valence-corrected chi connectivity index (χ0v) is 53.5. The first kappa shape index (κ1) is 68.6. The average molecular weight is 1030 g/mol. The number of rotatable bonds is 9. The molecule has 6 fully saturated rings. The number of likely N-dealkylation sites (tertiary alicyclic amines) is 1. The molecule has 3 aliphatic carbocycles. The van der Waals surface area contributed by atoms with Gasteiger partial charge in [-0.2, -0.15) is 0 Å². The molecule has 3 saturated heterocycles. The van der Waals surface area contributed by atoms with Gasteiger partial charge in [-0.25, -0.2) is 0 Å². The van der Waals surface area contributed by atoms with E-state index in [2.05, 4.69) is 130 Å². The van der Waals surface area contributed by atoms with Gasteiger partial charge in [-0.05, 0) is 144 Å². The molecule has 0 spiro atoms. The molecule has 0 unspecified atom stereocenters. The summed E-state index contributed by atoms with van der Waals surface area (Å²) in [7, 11) is 0. The fourth-order valence-electron chi connectivity index (χ4n) is 9.94. The lowest BCUT2D eigenvalue weighted by Gasteiger charge is -2.50. The van der Waals surface area contributed by atoms with Gasteiger partial charge in [0.15, 0.2) is 0 Å². The van der Waals surface area contributed by atoms with Crippen LogP contribution in [0.25, 0.3) is 0 Å². The molecule has 9 nitrogen and oxygen atoms in total. The lowest BCUT2D eigenvalue weighted by Crippen LogP contribution is -2.56. The van der Waals surface area contributed by atoms with Crippen molar-refractivity contribution < 1.29 is 28.7 Å². The maximum atomic E-state index is 12.8. The van der Waals surface area contributed by atoms with Gasteiger partial charge in [0.25, 0.3) is 0 Å². The van der Waals surface area contributed by atoms with Gasteiger partial charge in [-0.1, -0.05) is 159 Å². The number of ketones is 1. The molecule has 0 radical (unpaired) electrons. The molecule has 4 bridgehead atoms. The average Bonchev–Trinajstić information content (AvgIpc) is 4.05.